The predicted octanol–water partition coefficient (Wildman–Crippen LogP) is 5.70. The van der Waals surface area contributed by atoms with Crippen LogP contribution in [0.5, 0.6) is 0 Å². The largest absolute Gasteiger partial charge is 0.398 e. The van der Waals surface area contributed by atoms with E-state index in [-0.39, 0.29) is 11.8 Å². The molecule has 228 valence electrons. The van der Waals surface area contributed by atoms with Crippen LogP contribution in [-0.4, -0.2) is 69.2 Å². The number of likely N-dealkylation sites (N-methyl/N-ethyl adjacent to an activating group) is 1. The van der Waals surface area contributed by atoms with Crippen LogP contribution in [0.1, 0.15) is 38.8 Å². The van der Waals surface area contributed by atoms with Gasteiger partial charge in [0.1, 0.15) is 0 Å². The van der Waals surface area contributed by atoms with Gasteiger partial charge in [-0.25, -0.2) is 9.97 Å². The first-order valence-corrected chi connectivity index (χ1v) is 14.8. The molecular formula is C35H36N8O2. The third kappa shape index (κ3) is 6.13. The number of nitrogens with one attached hydrogen (secondary N) is 2. The Labute approximate surface area is 262 Å². The lowest BCUT2D eigenvalue weighted by molar-refractivity contribution is 0.0664. The molecule has 0 radical (unpaired) electrons. The summed E-state index contributed by atoms with van der Waals surface area (Å²) in [5.74, 6) is 0.310. The highest BCUT2D eigenvalue weighted by Crippen LogP contribution is 2.31. The van der Waals surface area contributed by atoms with Gasteiger partial charge in [0.2, 0.25) is 0 Å². The lowest BCUT2D eigenvalue weighted by Crippen LogP contribution is -2.47. The van der Waals surface area contributed by atoms with Crippen molar-refractivity contribution in [3.8, 4) is 11.3 Å². The summed E-state index contributed by atoms with van der Waals surface area (Å²) in [5, 5.41) is 6.40. The van der Waals surface area contributed by atoms with E-state index in [0.717, 1.165) is 54.1 Å². The number of nitrogen functional groups attached to an aromatic ring is 1. The fraction of sp³-hybridized carbons (Fsp3) is 0.200. The van der Waals surface area contributed by atoms with Crippen LogP contribution in [0.15, 0.2) is 85.8 Å². The standard InChI is InChI=1S/C35H36N8O2/c1-22(2)25-10-13-28(29(36)20-25)34(44)40-30-7-5-6-27(23(30)3)31-21-43-15-14-37-33(43)32(39-31)38-26-11-8-24(9-12-26)35(45)42-18-16-41(4)17-19-42/h5-15,20-21H,1,16-19,36H2,2-4H3,(H,38,39)(H,40,44). The molecule has 10 heteroatoms. The van der Waals surface area contributed by atoms with E-state index in [0.29, 0.717) is 39.7 Å². The minimum absolute atomic E-state index is 0.0411. The molecule has 5 aromatic rings. The molecule has 3 heterocycles. The molecular weight excluding hydrogens is 564 g/mol. The molecule has 1 aliphatic rings. The Balaban J connectivity index is 1.24. The first kappa shape index (κ1) is 29.6. The molecule has 1 saturated heterocycles. The van der Waals surface area contributed by atoms with Crippen molar-refractivity contribution in [2.75, 3.05) is 49.6 Å². The maximum atomic E-state index is 13.2. The zero-order valence-corrected chi connectivity index (χ0v) is 25.7. The van der Waals surface area contributed by atoms with Crippen molar-refractivity contribution in [1.29, 1.82) is 0 Å². The van der Waals surface area contributed by atoms with E-state index in [1.807, 2.05) is 84.1 Å². The summed E-state index contributed by atoms with van der Waals surface area (Å²) in [6.07, 6.45) is 5.49. The van der Waals surface area contributed by atoms with E-state index < -0.39 is 0 Å². The third-order valence-corrected chi connectivity index (χ3v) is 8.21. The van der Waals surface area contributed by atoms with Crippen LogP contribution in [0, 0.1) is 6.92 Å². The molecule has 1 fully saturated rings. The molecule has 1 aliphatic heterocycles. The van der Waals surface area contributed by atoms with Crippen LogP contribution in [0.4, 0.5) is 22.9 Å². The first-order chi connectivity index (χ1) is 21.7. The average molecular weight is 601 g/mol. The summed E-state index contributed by atoms with van der Waals surface area (Å²) in [6, 6.07) is 18.5. The molecule has 2 amide bonds. The van der Waals surface area contributed by atoms with E-state index in [4.69, 9.17) is 10.7 Å². The number of hydrogen-bond donors (Lipinski definition) is 3. The molecule has 3 aromatic carbocycles. The van der Waals surface area contributed by atoms with Crippen molar-refractivity contribution < 1.29 is 9.59 Å². The molecule has 0 bridgehead atoms. The van der Waals surface area contributed by atoms with Crippen LogP contribution >= 0.6 is 0 Å². The number of carbonyl (C=O) groups excluding carboxylic acids is 2. The van der Waals surface area contributed by atoms with E-state index in [1.165, 1.54) is 0 Å². The van der Waals surface area contributed by atoms with Crippen molar-refractivity contribution in [1.82, 2.24) is 24.2 Å². The Bertz CT molecular complexity index is 1920. The predicted molar refractivity (Wildman–Crippen MR) is 180 cm³/mol. The summed E-state index contributed by atoms with van der Waals surface area (Å²) in [6.45, 7) is 11.0. The van der Waals surface area contributed by atoms with Crippen LogP contribution in [0.2, 0.25) is 0 Å². The lowest BCUT2D eigenvalue weighted by atomic mass is 10.0. The Kier molecular flexibility index (Phi) is 8.06. The number of piperazine rings is 1. The highest BCUT2D eigenvalue weighted by molar-refractivity contribution is 6.08. The summed E-state index contributed by atoms with van der Waals surface area (Å²) >= 11 is 0. The second-order valence-electron chi connectivity index (χ2n) is 11.4. The van der Waals surface area contributed by atoms with Gasteiger partial charge in [-0.3, -0.25) is 9.59 Å². The number of carbonyl (C=O) groups is 2. The SMILES string of the molecule is C=C(C)c1ccc(C(=O)Nc2cccc(-c3cn4ccnc4c(Nc4ccc(C(=O)N5CCN(C)CC5)cc4)n3)c2C)c(N)c1. The van der Waals surface area contributed by atoms with Crippen molar-refractivity contribution in [2.24, 2.45) is 0 Å². The van der Waals surface area contributed by atoms with Gasteiger partial charge in [-0.05, 0) is 74.5 Å². The number of anilines is 4. The van der Waals surface area contributed by atoms with Crippen molar-refractivity contribution in [2.45, 2.75) is 13.8 Å². The fourth-order valence-corrected chi connectivity index (χ4v) is 5.44. The van der Waals surface area contributed by atoms with E-state index in [2.05, 4.69) is 34.1 Å². The topological polar surface area (TPSA) is 121 Å². The number of imidazole rings is 1. The van der Waals surface area contributed by atoms with E-state index in [1.54, 1.807) is 18.3 Å². The van der Waals surface area contributed by atoms with Crippen molar-refractivity contribution in [3.63, 3.8) is 0 Å². The second-order valence-corrected chi connectivity index (χ2v) is 11.4. The smallest absolute Gasteiger partial charge is 0.257 e. The summed E-state index contributed by atoms with van der Waals surface area (Å²) in [4.78, 5) is 39.8. The van der Waals surface area contributed by atoms with Crippen molar-refractivity contribution in [3.05, 3.63) is 108 Å². The van der Waals surface area contributed by atoms with Gasteiger partial charge in [-0.2, -0.15) is 0 Å². The fourth-order valence-electron chi connectivity index (χ4n) is 5.44. The number of hydrogen-bond acceptors (Lipinski definition) is 7. The molecule has 0 aliphatic carbocycles. The van der Waals surface area contributed by atoms with Gasteiger partial charge < -0.3 is 30.6 Å². The minimum Gasteiger partial charge on any atom is -0.398 e. The Morgan fingerprint density at radius 2 is 1.71 bits per heavy atom. The Hall–Kier alpha value is -5.48. The molecule has 0 saturated carbocycles. The summed E-state index contributed by atoms with van der Waals surface area (Å²) < 4.78 is 1.91. The van der Waals surface area contributed by atoms with E-state index >= 15 is 0 Å². The number of aromatic nitrogens is 3. The summed E-state index contributed by atoms with van der Waals surface area (Å²) in [5.41, 5.74) is 13.9. The molecule has 6 rings (SSSR count). The molecule has 0 spiro atoms. The zero-order valence-electron chi connectivity index (χ0n) is 25.7. The molecule has 10 nitrogen and oxygen atoms in total. The monoisotopic (exact) mass is 600 g/mol. The Morgan fingerprint density at radius 3 is 2.42 bits per heavy atom. The maximum Gasteiger partial charge on any atom is 0.257 e. The number of nitrogens with two attached hydrogens (primary N) is 1. The van der Waals surface area contributed by atoms with E-state index in [9.17, 15) is 9.59 Å². The molecule has 4 N–H and O–H groups in total. The number of rotatable bonds is 7. The van der Waals surface area contributed by atoms with Gasteiger partial charge in [0.05, 0.1) is 11.3 Å². The van der Waals surface area contributed by atoms with Gasteiger partial charge in [-0.1, -0.05) is 30.4 Å². The van der Waals surface area contributed by atoms with Gasteiger partial charge in [0.25, 0.3) is 11.8 Å². The van der Waals surface area contributed by atoms with Gasteiger partial charge in [-0.15, -0.1) is 0 Å². The third-order valence-electron chi connectivity index (χ3n) is 8.21. The Morgan fingerprint density at radius 1 is 0.978 bits per heavy atom. The molecule has 45 heavy (non-hydrogen) atoms. The highest BCUT2D eigenvalue weighted by atomic mass is 16.2. The normalized spacial score (nSPS) is 13.5. The summed E-state index contributed by atoms with van der Waals surface area (Å²) in [7, 11) is 2.07. The number of benzene rings is 3. The maximum absolute atomic E-state index is 13.2. The van der Waals surface area contributed by atoms with Gasteiger partial charge in [0, 0.05) is 73.0 Å². The second kappa shape index (κ2) is 12.3. The minimum atomic E-state index is -0.295. The quantitative estimate of drug-likeness (QED) is 0.205. The van der Waals surface area contributed by atoms with Crippen LogP contribution in [0.25, 0.3) is 22.5 Å². The number of allylic oxidation sites excluding steroid dienone is 1. The average Bonchev–Trinajstić information content (AvgIpc) is 3.51. The molecule has 0 unspecified atom stereocenters. The van der Waals surface area contributed by atoms with Crippen LogP contribution < -0.4 is 16.4 Å². The molecule has 0 atom stereocenters. The number of nitrogens with zero attached hydrogens (tertiary/aromatic N) is 5. The zero-order chi connectivity index (χ0) is 31.7. The van der Waals surface area contributed by atoms with Crippen LogP contribution in [0.3, 0.4) is 0 Å². The highest BCUT2D eigenvalue weighted by Gasteiger charge is 2.21. The van der Waals surface area contributed by atoms with Gasteiger partial charge in [0.15, 0.2) is 11.5 Å². The van der Waals surface area contributed by atoms with Crippen LogP contribution in [-0.2, 0) is 0 Å². The molecule has 2 aromatic heterocycles. The first-order valence-electron chi connectivity index (χ1n) is 14.8. The lowest BCUT2D eigenvalue weighted by Gasteiger charge is -2.32. The number of amides is 2. The number of fused-ring (bicyclic) bond motifs is 1. The van der Waals surface area contributed by atoms with Crippen molar-refractivity contribution >= 4 is 45.9 Å². The van der Waals surface area contributed by atoms with Gasteiger partial charge >= 0.3 is 0 Å².